The molecule has 168 valence electrons. The lowest BCUT2D eigenvalue weighted by Gasteiger charge is -2.27. The Morgan fingerprint density at radius 1 is 1.03 bits per heavy atom. The molecule has 3 aromatic carbocycles. The molecule has 0 spiro atoms. The van der Waals surface area contributed by atoms with Crippen LogP contribution in [0.4, 0.5) is 11.4 Å². The van der Waals surface area contributed by atoms with Crippen LogP contribution in [0.1, 0.15) is 12.5 Å². The number of nitro benzene ring substituents is 1. The fourth-order valence-corrected chi connectivity index (χ4v) is 5.25. The molecule has 3 rings (SSSR count). The number of carboxylic acids is 1. The number of nitrogens with zero attached hydrogens (tertiary/aromatic N) is 3. The topological polar surface area (TPSA) is 121 Å². The van der Waals surface area contributed by atoms with E-state index in [1.807, 2.05) is 31.1 Å². The van der Waals surface area contributed by atoms with Crippen molar-refractivity contribution in [3.05, 3.63) is 76.3 Å². The number of aliphatic carboxylic acids is 1. The number of fused-ring (bicyclic) bond motifs is 1. The van der Waals surface area contributed by atoms with Crippen molar-refractivity contribution in [3.63, 3.8) is 0 Å². The molecule has 0 heterocycles. The van der Waals surface area contributed by atoms with Gasteiger partial charge in [-0.3, -0.25) is 14.9 Å². The number of benzene rings is 3. The van der Waals surface area contributed by atoms with Gasteiger partial charge >= 0.3 is 5.97 Å². The van der Waals surface area contributed by atoms with Crippen molar-refractivity contribution in [2.24, 2.45) is 0 Å². The van der Waals surface area contributed by atoms with E-state index in [-0.39, 0.29) is 17.1 Å². The molecule has 1 atom stereocenters. The van der Waals surface area contributed by atoms with Crippen molar-refractivity contribution in [1.82, 2.24) is 4.31 Å². The zero-order valence-corrected chi connectivity index (χ0v) is 18.6. The highest BCUT2D eigenvalue weighted by atomic mass is 32.2. The Labute approximate surface area is 185 Å². The number of hydrogen-bond donors (Lipinski definition) is 1. The Bertz CT molecular complexity index is 1270. The fraction of sp³-hybridized carbons (Fsp3) is 0.227. The Kier molecular flexibility index (Phi) is 6.47. The maximum absolute atomic E-state index is 13.7. The number of rotatable bonds is 8. The third kappa shape index (κ3) is 4.41. The van der Waals surface area contributed by atoms with Crippen molar-refractivity contribution in [3.8, 4) is 0 Å². The minimum atomic E-state index is -4.24. The molecule has 0 bridgehead atoms. The maximum atomic E-state index is 13.7. The normalized spacial score (nSPS) is 12.6. The zero-order chi connectivity index (χ0) is 23.6. The summed E-state index contributed by atoms with van der Waals surface area (Å²) in [5, 5.41) is 21.7. The summed E-state index contributed by atoms with van der Waals surface area (Å²) < 4.78 is 28.3. The number of non-ortho nitro benzene ring substituents is 1. The molecule has 0 saturated heterocycles. The lowest BCUT2D eigenvalue weighted by atomic mass is 10.1. The summed E-state index contributed by atoms with van der Waals surface area (Å²) in [6, 6.07) is 14.2. The molecule has 0 aliphatic rings. The molecule has 1 N–H and O–H groups in total. The van der Waals surface area contributed by atoms with Crippen molar-refractivity contribution in [2.75, 3.05) is 19.0 Å². The van der Waals surface area contributed by atoms with Gasteiger partial charge in [-0.15, -0.1) is 0 Å². The van der Waals surface area contributed by atoms with Crippen LogP contribution in [0.3, 0.4) is 0 Å². The van der Waals surface area contributed by atoms with E-state index in [1.165, 1.54) is 37.3 Å². The zero-order valence-electron chi connectivity index (χ0n) is 17.8. The third-order valence-corrected chi connectivity index (χ3v) is 7.18. The number of hydrogen-bond acceptors (Lipinski definition) is 6. The lowest BCUT2D eigenvalue weighted by Crippen LogP contribution is -2.42. The maximum Gasteiger partial charge on any atom is 0.321 e. The first-order valence-electron chi connectivity index (χ1n) is 9.71. The molecule has 0 saturated carbocycles. The smallest absolute Gasteiger partial charge is 0.321 e. The predicted octanol–water partition coefficient (Wildman–Crippen LogP) is 3.48. The van der Waals surface area contributed by atoms with E-state index in [9.17, 15) is 28.4 Å². The van der Waals surface area contributed by atoms with Crippen LogP contribution >= 0.6 is 0 Å². The van der Waals surface area contributed by atoms with Crippen molar-refractivity contribution >= 4 is 38.1 Å². The molecule has 0 radical (unpaired) electrons. The summed E-state index contributed by atoms with van der Waals surface area (Å²) in [5.74, 6) is -1.30. The van der Waals surface area contributed by atoms with E-state index in [4.69, 9.17) is 0 Å². The minimum absolute atomic E-state index is 0.00582. The Morgan fingerprint density at radius 2 is 1.62 bits per heavy atom. The summed E-state index contributed by atoms with van der Waals surface area (Å²) in [7, 11) is -0.538. The van der Waals surface area contributed by atoms with Crippen molar-refractivity contribution in [1.29, 1.82) is 0 Å². The van der Waals surface area contributed by atoms with Crippen LogP contribution in [-0.2, 0) is 21.4 Å². The van der Waals surface area contributed by atoms with Gasteiger partial charge in [0.1, 0.15) is 6.04 Å². The summed E-state index contributed by atoms with van der Waals surface area (Å²) in [5.41, 5.74) is 1.12. The predicted molar refractivity (Wildman–Crippen MR) is 121 cm³/mol. The highest BCUT2D eigenvalue weighted by molar-refractivity contribution is 7.89. The first-order valence-corrected chi connectivity index (χ1v) is 11.1. The molecule has 0 amide bonds. The fourth-order valence-electron chi connectivity index (χ4n) is 3.46. The van der Waals surface area contributed by atoms with Gasteiger partial charge in [0.05, 0.1) is 9.82 Å². The summed E-state index contributed by atoms with van der Waals surface area (Å²) >= 11 is 0. The van der Waals surface area contributed by atoms with E-state index in [2.05, 4.69) is 0 Å². The Balaban J connectivity index is 2.13. The lowest BCUT2D eigenvalue weighted by molar-refractivity contribution is -0.384. The molecule has 0 fully saturated rings. The number of sulfonamides is 1. The molecule has 0 aliphatic heterocycles. The highest BCUT2D eigenvalue weighted by Crippen LogP contribution is 2.33. The second-order valence-corrected chi connectivity index (χ2v) is 9.37. The first-order chi connectivity index (χ1) is 15.0. The summed E-state index contributed by atoms with van der Waals surface area (Å²) in [6.45, 7) is 1.04. The molecule has 32 heavy (non-hydrogen) atoms. The molecule has 3 aromatic rings. The summed E-state index contributed by atoms with van der Waals surface area (Å²) in [6.07, 6.45) is 0. The van der Waals surface area contributed by atoms with Crippen LogP contribution in [0.5, 0.6) is 0 Å². The van der Waals surface area contributed by atoms with E-state index in [0.717, 1.165) is 15.4 Å². The van der Waals surface area contributed by atoms with Crippen LogP contribution in [0.15, 0.2) is 65.6 Å². The van der Waals surface area contributed by atoms with Gasteiger partial charge in [0.25, 0.3) is 5.69 Å². The van der Waals surface area contributed by atoms with Gasteiger partial charge in [-0.2, -0.15) is 4.31 Å². The average molecular weight is 458 g/mol. The van der Waals surface area contributed by atoms with Crippen molar-refractivity contribution < 1.29 is 23.2 Å². The highest BCUT2D eigenvalue weighted by Gasteiger charge is 2.34. The number of nitro groups is 1. The largest absolute Gasteiger partial charge is 0.480 e. The average Bonchev–Trinajstić information content (AvgIpc) is 2.76. The molecule has 0 aliphatic carbocycles. The molecular formula is C22H23N3O6S. The van der Waals surface area contributed by atoms with Crippen LogP contribution in [-0.4, -0.2) is 48.9 Å². The minimum Gasteiger partial charge on any atom is -0.480 e. The number of carboxylic acid groups (broad SMARTS) is 1. The first kappa shape index (κ1) is 23.2. The van der Waals surface area contributed by atoms with E-state index in [0.29, 0.717) is 10.9 Å². The van der Waals surface area contributed by atoms with Crippen LogP contribution in [0.2, 0.25) is 0 Å². The third-order valence-electron chi connectivity index (χ3n) is 5.20. The monoisotopic (exact) mass is 457 g/mol. The van der Waals surface area contributed by atoms with Crippen LogP contribution in [0, 0.1) is 10.1 Å². The SMILES string of the molecule is CC(C(=O)O)N(Cc1ccc([N+](=O)[O-])cc1)S(=O)(=O)c1cccc2c(N(C)C)cccc12. The molecule has 1 unspecified atom stereocenters. The molecule has 0 aromatic heterocycles. The van der Waals surface area contributed by atoms with E-state index >= 15 is 0 Å². The molecular weight excluding hydrogens is 434 g/mol. The van der Waals surface area contributed by atoms with E-state index < -0.39 is 27.0 Å². The van der Waals surface area contributed by atoms with Gasteiger partial charge in [-0.1, -0.05) is 36.4 Å². The van der Waals surface area contributed by atoms with Gasteiger partial charge in [-0.05, 0) is 24.6 Å². The van der Waals surface area contributed by atoms with Gasteiger partial charge in [0.15, 0.2) is 0 Å². The van der Waals surface area contributed by atoms with Crippen molar-refractivity contribution in [2.45, 2.75) is 24.4 Å². The molecule has 9 nitrogen and oxygen atoms in total. The summed E-state index contributed by atoms with van der Waals surface area (Å²) in [4.78, 5) is 24.0. The van der Waals surface area contributed by atoms with Gasteiger partial charge in [0, 0.05) is 49.2 Å². The van der Waals surface area contributed by atoms with Gasteiger partial charge in [0.2, 0.25) is 10.0 Å². The van der Waals surface area contributed by atoms with Crippen LogP contribution < -0.4 is 4.90 Å². The number of carbonyl (C=O) groups is 1. The quantitative estimate of drug-likeness (QED) is 0.406. The second-order valence-electron chi connectivity index (χ2n) is 7.51. The van der Waals surface area contributed by atoms with Gasteiger partial charge < -0.3 is 10.0 Å². The standard InChI is InChI=1S/C22H23N3O6S/c1-15(22(26)27)24(14-16-10-12-17(13-11-16)25(28)29)32(30,31)21-9-5-6-18-19(21)7-4-8-20(18)23(2)3/h4-13,15H,14H2,1-3H3,(H,26,27). The Morgan fingerprint density at radius 3 is 2.19 bits per heavy atom. The van der Waals surface area contributed by atoms with E-state index in [1.54, 1.807) is 18.2 Å². The second kappa shape index (κ2) is 8.93. The molecule has 10 heteroatoms. The van der Waals surface area contributed by atoms with Gasteiger partial charge in [-0.25, -0.2) is 8.42 Å². The Hall–Kier alpha value is -3.50. The number of anilines is 1. The van der Waals surface area contributed by atoms with Crippen LogP contribution in [0.25, 0.3) is 10.8 Å².